The normalized spacial score (nSPS) is 12.4. The van der Waals surface area contributed by atoms with Crippen LogP contribution < -0.4 is 15.8 Å². The molecule has 0 fully saturated rings. The van der Waals surface area contributed by atoms with Gasteiger partial charge >= 0.3 is 6.01 Å². The van der Waals surface area contributed by atoms with E-state index in [1.54, 1.807) is 31.3 Å². The zero-order valence-corrected chi connectivity index (χ0v) is 13.2. The van der Waals surface area contributed by atoms with Crippen LogP contribution in [0, 0.1) is 0 Å². The Balaban J connectivity index is 2.77. The number of anilines is 1. The SMILES string of the molecule is C=C/C(=C\C=C/COC/C(N)=N/O)c1cc(NC)nc(OC)n1. The average Bonchev–Trinajstić information content (AvgIpc) is 2.60. The molecule has 23 heavy (non-hydrogen) atoms. The molecule has 1 aromatic heterocycles. The second kappa shape index (κ2) is 9.96. The number of ether oxygens (including phenoxy) is 2. The van der Waals surface area contributed by atoms with Gasteiger partial charge in [-0.1, -0.05) is 36.0 Å². The van der Waals surface area contributed by atoms with Gasteiger partial charge in [-0.3, -0.25) is 0 Å². The van der Waals surface area contributed by atoms with Crippen molar-refractivity contribution < 1.29 is 14.7 Å². The Morgan fingerprint density at radius 2 is 2.30 bits per heavy atom. The van der Waals surface area contributed by atoms with Crippen molar-refractivity contribution in [2.75, 3.05) is 32.7 Å². The fraction of sp³-hybridized carbons (Fsp3) is 0.267. The van der Waals surface area contributed by atoms with Crippen molar-refractivity contribution in [3.8, 4) is 6.01 Å². The van der Waals surface area contributed by atoms with Crippen molar-refractivity contribution in [1.82, 2.24) is 9.97 Å². The quantitative estimate of drug-likeness (QED) is 0.157. The van der Waals surface area contributed by atoms with Crippen molar-refractivity contribution in [3.63, 3.8) is 0 Å². The number of methoxy groups -OCH3 is 1. The van der Waals surface area contributed by atoms with Gasteiger partial charge in [-0.05, 0) is 5.57 Å². The van der Waals surface area contributed by atoms with Crippen LogP contribution in [0.15, 0.2) is 42.1 Å². The minimum atomic E-state index is 0.0217. The summed E-state index contributed by atoms with van der Waals surface area (Å²) in [6.45, 7) is 4.17. The Kier molecular flexibility index (Phi) is 7.87. The number of hydrogen-bond donors (Lipinski definition) is 3. The summed E-state index contributed by atoms with van der Waals surface area (Å²) in [4.78, 5) is 8.43. The summed E-state index contributed by atoms with van der Waals surface area (Å²) in [5.41, 5.74) is 6.76. The third-order valence-corrected chi connectivity index (χ3v) is 2.66. The number of nitrogens with one attached hydrogen (secondary N) is 1. The maximum absolute atomic E-state index is 8.37. The standard InChI is InChI=1S/C15H21N5O3/c1-4-11(7-5-6-8-23-10-13(16)20-21)12-9-14(17-2)19-15(18-12)22-3/h4-7,9,21H,1,8,10H2,2-3H3,(H2,16,20)(H,17,18,19)/b6-5-,11-7+. The molecule has 4 N–H and O–H groups in total. The molecule has 0 radical (unpaired) electrons. The van der Waals surface area contributed by atoms with Crippen LogP contribution in [0.4, 0.5) is 5.82 Å². The van der Waals surface area contributed by atoms with Gasteiger partial charge in [-0.2, -0.15) is 9.97 Å². The molecule has 8 heteroatoms. The molecule has 0 aromatic carbocycles. The number of oxime groups is 1. The van der Waals surface area contributed by atoms with Gasteiger partial charge in [0.25, 0.3) is 0 Å². The van der Waals surface area contributed by atoms with E-state index in [1.165, 1.54) is 7.11 Å². The zero-order chi connectivity index (χ0) is 17.1. The average molecular weight is 319 g/mol. The second-order valence-electron chi connectivity index (χ2n) is 4.24. The first-order valence-electron chi connectivity index (χ1n) is 6.79. The van der Waals surface area contributed by atoms with Crippen molar-refractivity contribution in [1.29, 1.82) is 0 Å². The lowest BCUT2D eigenvalue weighted by atomic mass is 10.1. The molecular formula is C15H21N5O3. The largest absolute Gasteiger partial charge is 0.467 e. The van der Waals surface area contributed by atoms with Crippen LogP contribution in [0.2, 0.25) is 0 Å². The fourth-order valence-electron chi connectivity index (χ4n) is 1.54. The molecule has 1 aromatic rings. The van der Waals surface area contributed by atoms with E-state index in [1.807, 2.05) is 6.08 Å². The molecule has 1 heterocycles. The van der Waals surface area contributed by atoms with Crippen LogP contribution in [0.1, 0.15) is 5.69 Å². The van der Waals surface area contributed by atoms with E-state index in [0.717, 1.165) is 5.57 Å². The monoisotopic (exact) mass is 319 g/mol. The molecule has 0 unspecified atom stereocenters. The lowest BCUT2D eigenvalue weighted by Crippen LogP contribution is -2.18. The van der Waals surface area contributed by atoms with Crippen LogP contribution in [-0.2, 0) is 4.74 Å². The van der Waals surface area contributed by atoms with E-state index in [-0.39, 0.29) is 18.5 Å². The Labute approximate surface area is 135 Å². The Bertz CT molecular complexity index is 589. The molecule has 0 amide bonds. The van der Waals surface area contributed by atoms with Gasteiger partial charge in [-0.25, -0.2) is 0 Å². The predicted molar refractivity (Wildman–Crippen MR) is 89.7 cm³/mol. The first kappa shape index (κ1) is 18.2. The molecular weight excluding hydrogens is 298 g/mol. The van der Waals surface area contributed by atoms with Crippen molar-refractivity contribution >= 4 is 17.2 Å². The van der Waals surface area contributed by atoms with E-state index in [9.17, 15) is 0 Å². The van der Waals surface area contributed by atoms with Gasteiger partial charge in [0, 0.05) is 13.1 Å². The molecule has 8 nitrogen and oxygen atoms in total. The number of rotatable bonds is 9. The fourth-order valence-corrected chi connectivity index (χ4v) is 1.54. The highest BCUT2D eigenvalue weighted by molar-refractivity contribution is 5.80. The van der Waals surface area contributed by atoms with E-state index in [2.05, 4.69) is 27.0 Å². The maximum atomic E-state index is 8.37. The van der Waals surface area contributed by atoms with Gasteiger partial charge in [0.1, 0.15) is 12.4 Å². The molecule has 1 rings (SSSR count). The summed E-state index contributed by atoms with van der Waals surface area (Å²) in [5, 5.41) is 14.1. The molecule has 0 saturated carbocycles. The number of nitrogens with zero attached hydrogens (tertiary/aromatic N) is 3. The summed E-state index contributed by atoms with van der Waals surface area (Å²) in [6.07, 6.45) is 7.10. The van der Waals surface area contributed by atoms with E-state index in [4.69, 9.17) is 20.4 Å². The number of aromatic nitrogens is 2. The summed E-state index contributed by atoms with van der Waals surface area (Å²) in [7, 11) is 3.27. The maximum Gasteiger partial charge on any atom is 0.318 e. The zero-order valence-electron chi connectivity index (χ0n) is 13.2. The second-order valence-corrected chi connectivity index (χ2v) is 4.24. The number of amidine groups is 1. The molecule has 0 aliphatic heterocycles. The van der Waals surface area contributed by atoms with Crippen LogP contribution in [-0.4, -0.2) is 48.4 Å². The van der Waals surface area contributed by atoms with Crippen molar-refractivity contribution in [3.05, 3.63) is 42.6 Å². The van der Waals surface area contributed by atoms with Crippen LogP contribution in [0.3, 0.4) is 0 Å². The van der Waals surface area contributed by atoms with Gasteiger partial charge in [0.2, 0.25) is 0 Å². The van der Waals surface area contributed by atoms with Gasteiger partial charge in [0.05, 0.1) is 19.4 Å². The van der Waals surface area contributed by atoms with E-state index in [0.29, 0.717) is 18.1 Å². The third-order valence-electron chi connectivity index (χ3n) is 2.66. The minimum absolute atomic E-state index is 0.0217. The number of nitrogens with two attached hydrogens (primary N) is 1. The summed E-state index contributed by atoms with van der Waals surface area (Å²) < 4.78 is 10.2. The highest BCUT2D eigenvalue weighted by Crippen LogP contribution is 2.19. The minimum Gasteiger partial charge on any atom is -0.467 e. The van der Waals surface area contributed by atoms with Crippen LogP contribution in [0.5, 0.6) is 6.01 Å². The lowest BCUT2D eigenvalue weighted by molar-refractivity contribution is 0.198. The van der Waals surface area contributed by atoms with Crippen molar-refractivity contribution in [2.45, 2.75) is 0 Å². The molecule has 0 aliphatic rings. The topological polar surface area (TPSA) is 115 Å². The van der Waals surface area contributed by atoms with E-state index < -0.39 is 0 Å². The summed E-state index contributed by atoms with van der Waals surface area (Å²) in [6, 6.07) is 2.06. The molecule has 0 bridgehead atoms. The smallest absolute Gasteiger partial charge is 0.318 e. The first-order chi connectivity index (χ1) is 11.1. The summed E-state index contributed by atoms with van der Waals surface area (Å²) >= 11 is 0. The van der Waals surface area contributed by atoms with Crippen molar-refractivity contribution in [2.24, 2.45) is 10.9 Å². The molecule has 0 aliphatic carbocycles. The van der Waals surface area contributed by atoms with E-state index >= 15 is 0 Å². The highest BCUT2D eigenvalue weighted by atomic mass is 16.5. The first-order valence-corrected chi connectivity index (χ1v) is 6.79. The number of hydrogen-bond acceptors (Lipinski definition) is 7. The Morgan fingerprint density at radius 3 is 2.91 bits per heavy atom. The summed E-state index contributed by atoms with van der Waals surface area (Å²) in [5.74, 6) is 0.666. The molecule has 124 valence electrons. The Morgan fingerprint density at radius 1 is 1.52 bits per heavy atom. The lowest BCUT2D eigenvalue weighted by Gasteiger charge is -2.07. The van der Waals surface area contributed by atoms with Gasteiger partial charge < -0.3 is 25.7 Å². The molecule has 0 atom stereocenters. The predicted octanol–water partition coefficient (Wildman–Crippen LogP) is 1.42. The molecule has 0 spiro atoms. The van der Waals surface area contributed by atoms with Crippen LogP contribution in [0.25, 0.3) is 5.57 Å². The van der Waals surface area contributed by atoms with Gasteiger partial charge in [-0.15, -0.1) is 0 Å². The molecule has 0 saturated heterocycles. The van der Waals surface area contributed by atoms with Crippen LogP contribution >= 0.6 is 0 Å². The highest BCUT2D eigenvalue weighted by Gasteiger charge is 2.06. The number of allylic oxidation sites excluding steroid dienone is 4. The van der Waals surface area contributed by atoms with Gasteiger partial charge in [0.15, 0.2) is 5.84 Å². The Hall–Kier alpha value is -2.87. The third kappa shape index (κ3) is 6.18.